The first-order valence-corrected chi connectivity index (χ1v) is 4.87. The van der Waals surface area contributed by atoms with Gasteiger partial charge in [-0.2, -0.15) is 0 Å². The Morgan fingerprint density at radius 1 is 1.21 bits per heavy atom. The monoisotopic (exact) mass is 208 g/mol. The van der Waals surface area contributed by atoms with Gasteiger partial charge in [-0.15, -0.1) is 0 Å². The molecule has 0 aromatic heterocycles. The summed E-state index contributed by atoms with van der Waals surface area (Å²) in [6.07, 6.45) is 1.30. The molecule has 0 aromatic rings. The van der Waals surface area contributed by atoms with E-state index in [4.69, 9.17) is 0 Å². The summed E-state index contributed by atoms with van der Waals surface area (Å²) in [5.41, 5.74) is -0.0400. The van der Waals surface area contributed by atoms with E-state index in [1.54, 1.807) is 13.8 Å². The Bertz CT molecular complexity index is 207. The Balaban J connectivity index is 0. The summed E-state index contributed by atoms with van der Waals surface area (Å²) in [5.74, 6) is -0.622. The van der Waals surface area contributed by atoms with E-state index in [1.807, 2.05) is 20.8 Å². The number of carbonyl (C=O) groups is 2. The molecule has 0 spiro atoms. The molecule has 0 aliphatic rings. The molecule has 0 heterocycles. The third kappa shape index (κ3) is 5.94. The normalized spacial score (nSPS) is 11.0. The SMILES string of the molecule is CCC(C)(C)CC(=O)C(=O)C(C)C.[NaH]. The average Bonchev–Trinajstić information content (AvgIpc) is 2.02. The third-order valence-electron chi connectivity index (χ3n) is 2.40. The first-order valence-electron chi connectivity index (χ1n) is 4.87. The third-order valence-corrected chi connectivity index (χ3v) is 2.40. The molecule has 0 N–H and O–H groups in total. The number of carbonyl (C=O) groups excluding carboxylic acids is 2. The zero-order valence-electron chi connectivity index (χ0n) is 9.31. The van der Waals surface area contributed by atoms with Gasteiger partial charge >= 0.3 is 29.6 Å². The molecule has 14 heavy (non-hydrogen) atoms. The number of ketones is 2. The van der Waals surface area contributed by atoms with Crippen molar-refractivity contribution in [3.05, 3.63) is 0 Å². The zero-order chi connectivity index (χ0) is 10.6. The van der Waals surface area contributed by atoms with Crippen LogP contribution in [0.5, 0.6) is 0 Å². The molecule has 2 nitrogen and oxygen atoms in total. The van der Waals surface area contributed by atoms with Crippen LogP contribution in [0.3, 0.4) is 0 Å². The van der Waals surface area contributed by atoms with E-state index in [0.29, 0.717) is 6.42 Å². The molecule has 0 amide bonds. The Morgan fingerprint density at radius 2 is 1.64 bits per heavy atom. The summed E-state index contributed by atoms with van der Waals surface area (Å²) >= 11 is 0. The standard InChI is InChI=1S/C11H20O2.Na.H/c1-6-11(4,5)7-9(12)10(13)8(2)3;;/h8H,6-7H2,1-5H3;;. The molecule has 0 radical (unpaired) electrons. The van der Waals surface area contributed by atoms with Crippen molar-refractivity contribution in [2.45, 2.75) is 47.5 Å². The van der Waals surface area contributed by atoms with Crippen LogP contribution in [0.2, 0.25) is 0 Å². The minimum atomic E-state index is -0.235. The first-order chi connectivity index (χ1) is 5.80. The Hall–Kier alpha value is 0.340. The maximum absolute atomic E-state index is 11.4. The van der Waals surface area contributed by atoms with Crippen molar-refractivity contribution in [1.29, 1.82) is 0 Å². The van der Waals surface area contributed by atoms with E-state index in [1.165, 1.54) is 0 Å². The molecule has 3 heteroatoms. The van der Waals surface area contributed by atoms with Crippen LogP contribution in [0.25, 0.3) is 0 Å². The van der Waals surface area contributed by atoms with E-state index in [0.717, 1.165) is 6.42 Å². The maximum atomic E-state index is 11.4. The molecular formula is C11H21NaO2. The van der Waals surface area contributed by atoms with Gasteiger partial charge in [0.05, 0.1) is 0 Å². The second-order valence-electron chi connectivity index (χ2n) is 4.64. The fourth-order valence-electron chi connectivity index (χ4n) is 0.969. The van der Waals surface area contributed by atoms with Crippen LogP contribution < -0.4 is 0 Å². The summed E-state index contributed by atoms with van der Waals surface area (Å²) in [4.78, 5) is 22.7. The molecule has 78 valence electrons. The van der Waals surface area contributed by atoms with Gasteiger partial charge in [0, 0.05) is 12.3 Å². The summed E-state index contributed by atoms with van der Waals surface area (Å²) in [6.45, 7) is 9.59. The van der Waals surface area contributed by atoms with Crippen molar-refractivity contribution in [3.63, 3.8) is 0 Å². The van der Waals surface area contributed by atoms with Crippen LogP contribution in [0.1, 0.15) is 47.5 Å². The fourth-order valence-corrected chi connectivity index (χ4v) is 0.969. The van der Waals surface area contributed by atoms with Gasteiger partial charge in [0.2, 0.25) is 5.78 Å². The first kappa shape index (κ1) is 16.8. The molecule has 0 saturated heterocycles. The van der Waals surface area contributed by atoms with Crippen molar-refractivity contribution in [1.82, 2.24) is 0 Å². The van der Waals surface area contributed by atoms with Crippen molar-refractivity contribution in [3.8, 4) is 0 Å². The molecule has 0 aromatic carbocycles. The van der Waals surface area contributed by atoms with Crippen molar-refractivity contribution < 1.29 is 9.59 Å². The van der Waals surface area contributed by atoms with E-state index in [2.05, 4.69) is 0 Å². The molecule has 0 bridgehead atoms. The molecular weight excluding hydrogens is 187 g/mol. The van der Waals surface area contributed by atoms with Crippen molar-refractivity contribution >= 4 is 41.1 Å². The van der Waals surface area contributed by atoms with E-state index >= 15 is 0 Å². The second-order valence-corrected chi connectivity index (χ2v) is 4.64. The minimum absolute atomic E-state index is 0. The Labute approximate surface area is 109 Å². The number of Topliss-reactive ketones (excluding diaryl/α,β-unsaturated/α-hetero) is 2. The summed E-state index contributed by atoms with van der Waals surface area (Å²) in [6, 6.07) is 0. The summed E-state index contributed by atoms with van der Waals surface area (Å²) in [7, 11) is 0. The van der Waals surface area contributed by atoms with Crippen LogP contribution >= 0.6 is 0 Å². The van der Waals surface area contributed by atoms with Crippen LogP contribution in [-0.2, 0) is 9.59 Å². The Kier molecular flexibility index (Phi) is 8.09. The molecule has 0 rings (SSSR count). The van der Waals surface area contributed by atoms with Gasteiger partial charge in [-0.05, 0) is 5.41 Å². The molecule has 0 aliphatic carbocycles. The molecule has 0 unspecified atom stereocenters. The van der Waals surface area contributed by atoms with Crippen LogP contribution in [-0.4, -0.2) is 41.1 Å². The van der Waals surface area contributed by atoms with E-state index in [9.17, 15) is 9.59 Å². The van der Waals surface area contributed by atoms with Crippen LogP contribution in [0.15, 0.2) is 0 Å². The second kappa shape index (κ2) is 6.76. The van der Waals surface area contributed by atoms with E-state index in [-0.39, 0.29) is 52.5 Å². The molecule has 0 aliphatic heterocycles. The summed E-state index contributed by atoms with van der Waals surface area (Å²) < 4.78 is 0. The number of hydrogen-bond acceptors (Lipinski definition) is 2. The molecule has 0 saturated carbocycles. The van der Waals surface area contributed by atoms with Gasteiger partial charge in [0.1, 0.15) is 0 Å². The molecule has 0 fully saturated rings. The Morgan fingerprint density at radius 3 is 1.93 bits per heavy atom. The topological polar surface area (TPSA) is 34.1 Å². The average molecular weight is 208 g/mol. The quantitative estimate of drug-likeness (QED) is 0.511. The van der Waals surface area contributed by atoms with Gasteiger partial charge in [0.15, 0.2) is 5.78 Å². The van der Waals surface area contributed by atoms with Crippen molar-refractivity contribution in [2.24, 2.45) is 11.3 Å². The zero-order valence-corrected chi connectivity index (χ0v) is 9.31. The predicted molar refractivity (Wildman–Crippen MR) is 60.7 cm³/mol. The van der Waals surface area contributed by atoms with Crippen molar-refractivity contribution in [2.75, 3.05) is 0 Å². The van der Waals surface area contributed by atoms with Gasteiger partial charge in [-0.3, -0.25) is 9.59 Å². The predicted octanol–water partition coefficient (Wildman–Crippen LogP) is 1.96. The fraction of sp³-hybridized carbons (Fsp3) is 0.818. The number of rotatable bonds is 5. The number of hydrogen-bond donors (Lipinski definition) is 0. The van der Waals surface area contributed by atoms with E-state index < -0.39 is 0 Å². The summed E-state index contributed by atoms with van der Waals surface area (Å²) in [5, 5.41) is 0. The molecule has 0 atom stereocenters. The van der Waals surface area contributed by atoms with Gasteiger partial charge in [0.25, 0.3) is 0 Å². The van der Waals surface area contributed by atoms with Gasteiger partial charge in [-0.25, -0.2) is 0 Å². The van der Waals surface area contributed by atoms with Gasteiger partial charge in [-0.1, -0.05) is 41.0 Å². The van der Waals surface area contributed by atoms with Crippen LogP contribution in [0, 0.1) is 11.3 Å². The van der Waals surface area contributed by atoms with Crippen LogP contribution in [0.4, 0.5) is 0 Å². The van der Waals surface area contributed by atoms with Gasteiger partial charge < -0.3 is 0 Å².